The van der Waals surface area contributed by atoms with Crippen molar-refractivity contribution in [1.29, 1.82) is 0 Å². The lowest BCUT2D eigenvalue weighted by atomic mass is 9.86. The monoisotopic (exact) mass is 850 g/mol. The minimum absolute atomic E-state index is 0.0166. The highest BCUT2D eigenvalue weighted by molar-refractivity contribution is 5.94. The molecule has 0 aliphatic carbocycles. The summed E-state index contributed by atoms with van der Waals surface area (Å²) in [5, 5.41) is 43.4. The summed E-state index contributed by atoms with van der Waals surface area (Å²) in [5.41, 5.74) is 7.34. The van der Waals surface area contributed by atoms with E-state index in [1.54, 1.807) is 24.3 Å². The van der Waals surface area contributed by atoms with Crippen LogP contribution in [0.1, 0.15) is 76.4 Å². The van der Waals surface area contributed by atoms with Gasteiger partial charge in [-0.3, -0.25) is 19.7 Å². The molecule has 13 heteroatoms. The van der Waals surface area contributed by atoms with Crippen LogP contribution in [-0.4, -0.2) is 75.3 Å². The van der Waals surface area contributed by atoms with E-state index in [4.69, 9.17) is 0 Å². The Balaban J connectivity index is 0.833. The number of H-pyrrole nitrogens is 1. The van der Waals surface area contributed by atoms with Gasteiger partial charge in [-0.2, -0.15) is 0 Å². The largest absolute Gasteiger partial charge is 0.506 e. The zero-order valence-electron chi connectivity index (χ0n) is 35.3. The van der Waals surface area contributed by atoms with Crippen LogP contribution in [-0.2, 0) is 24.3 Å². The highest BCUT2D eigenvalue weighted by Gasteiger charge is 2.25. The van der Waals surface area contributed by atoms with Crippen molar-refractivity contribution in [3.05, 3.63) is 165 Å². The number of para-hydroxylation sites is 1. The Morgan fingerprint density at radius 3 is 2.30 bits per heavy atom. The van der Waals surface area contributed by atoms with Gasteiger partial charge in [-0.15, -0.1) is 0 Å². The highest BCUT2D eigenvalue weighted by atomic mass is 16.4. The number of carboxylic acid groups (broad SMARTS) is 1. The number of phenolic OH excluding ortho intramolecular Hbond substituents is 1. The molecular weight excluding hydrogens is 797 g/mol. The molecule has 1 aromatic heterocycles. The number of aliphatic hydroxyl groups is 1. The summed E-state index contributed by atoms with van der Waals surface area (Å²) in [7, 11) is 0. The van der Waals surface area contributed by atoms with Gasteiger partial charge in [0.1, 0.15) is 5.75 Å². The second-order valence-electron chi connectivity index (χ2n) is 16.2. The first kappa shape index (κ1) is 44.3. The van der Waals surface area contributed by atoms with Crippen molar-refractivity contribution in [2.24, 2.45) is 0 Å². The average molecular weight is 851 g/mol. The Morgan fingerprint density at radius 1 is 0.810 bits per heavy atom. The minimum atomic E-state index is -1.09. The number of aromatic hydroxyl groups is 1. The van der Waals surface area contributed by atoms with Gasteiger partial charge in [-0.25, -0.2) is 4.79 Å². The lowest BCUT2D eigenvalue weighted by Crippen LogP contribution is -2.36. The number of aromatic amines is 1. The van der Waals surface area contributed by atoms with Crippen LogP contribution < -0.4 is 26.8 Å². The van der Waals surface area contributed by atoms with Gasteiger partial charge in [-0.1, -0.05) is 91.0 Å². The van der Waals surface area contributed by atoms with E-state index in [0.29, 0.717) is 60.2 Å². The van der Waals surface area contributed by atoms with E-state index < -0.39 is 12.2 Å². The number of carbonyl (C=O) groups excluding carboxylic acids is 2. The summed E-state index contributed by atoms with van der Waals surface area (Å²) in [5.74, 6) is -0.151. The fourth-order valence-corrected chi connectivity index (χ4v) is 8.40. The number of benzene rings is 5. The van der Waals surface area contributed by atoms with Gasteiger partial charge in [0.15, 0.2) is 0 Å². The number of pyridine rings is 1. The maximum Gasteiger partial charge on any atom is 0.409 e. The molecule has 7 rings (SSSR count). The van der Waals surface area contributed by atoms with Gasteiger partial charge in [0.25, 0.3) is 5.91 Å². The second-order valence-corrected chi connectivity index (χ2v) is 16.2. The lowest BCUT2D eigenvalue weighted by molar-refractivity contribution is -0.121. The molecule has 3 amide bonds. The van der Waals surface area contributed by atoms with E-state index in [-0.39, 0.29) is 41.6 Å². The molecule has 1 fully saturated rings. The molecule has 1 aliphatic rings. The number of fused-ring (bicyclic) bond motifs is 1. The molecule has 63 heavy (non-hydrogen) atoms. The van der Waals surface area contributed by atoms with Crippen LogP contribution in [0.5, 0.6) is 5.75 Å². The van der Waals surface area contributed by atoms with Crippen LogP contribution in [0.2, 0.25) is 0 Å². The molecule has 0 saturated carbocycles. The number of carbonyl (C=O) groups is 3. The Bertz CT molecular complexity index is 2610. The smallest absolute Gasteiger partial charge is 0.409 e. The molecule has 0 spiro atoms. The van der Waals surface area contributed by atoms with E-state index in [2.05, 4.69) is 31.2 Å². The number of piperidine rings is 1. The van der Waals surface area contributed by atoms with Crippen molar-refractivity contribution in [2.45, 2.75) is 63.8 Å². The number of hydrogen-bond donors (Lipinski definition) is 8. The number of hydrogen-bond acceptors (Lipinski definition) is 8. The predicted octanol–water partition coefficient (Wildman–Crippen LogP) is 7.06. The van der Waals surface area contributed by atoms with Crippen LogP contribution in [0.15, 0.2) is 126 Å². The molecule has 326 valence electrons. The molecule has 1 saturated heterocycles. The van der Waals surface area contributed by atoms with Crippen molar-refractivity contribution < 1.29 is 29.7 Å². The first-order valence-corrected chi connectivity index (χ1v) is 21.4. The molecule has 1 aliphatic heterocycles. The third kappa shape index (κ3) is 11.8. The summed E-state index contributed by atoms with van der Waals surface area (Å²) < 4.78 is 0. The SMILES string of the molecule is CC(Cc1cccc(CNC(=O)c2cccc(CNC(=O)CCN3CCC(c4cccc(-c5ccccc5)c4NC(=O)O)CC3)c2)c1)NC[C@H](O)c1ccc(O)c2[nH]c(=O)ccc12. The molecule has 8 N–H and O–H groups in total. The zero-order chi connectivity index (χ0) is 44.3. The molecule has 5 aromatic carbocycles. The summed E-state index contributed by atoms with van der Waals surface area (Å²) in [4.78, 5) is 54.6. The molecule has 2 heterocycles. The number of amides is 3. The molecule has 6 aromatic rings. The number of aromatic nitrogens is 1. The van der Waals surface area contributed by atoms with Gasteiger partial charge in [0.2, 0.25) is 11.5 Å². The zero-order valence-corrected chi connectivity index (χ0v) is 35.3. The Labute approximate surface area is 366 Å². The topological polar surface area (TPSA) is 196 Å². The van der Waals surface area contributed by atoms with E-state index in [9.17, 15) is 34.5 Å². The molecule has 2 atom stereocenters. The van der Waals surface area contributed by atoms with Gasteiger partial charge in [0.05, 0.1) is 17.3 Å². The molecule has 0 radical (unpaired) electrons. The minimum Gasteiger partial charge on any atom is -0.506 e. The number of aliphatic hydroxyl groups excluding tert-OH is 1. The average Bonchev–Trinajstić information content (AvgIpc) is 3.29. The number of nitrogens with one attached hydrogen (secondary N) is 5. The quantitative estimate of drug-likeness (QED) is 0.0474. The third-order valence-corrected chi connectivity index (χ3v) is 11.7. The first-order chi connectivity index (χ1) is 30.5. The maximum absolute atomic E-state index is 13.2. The number of likely N-dealkylation sites (tertiary alicyclic amines) is 1. The Hall–Kier alpha value is -6.80. The summed E-state index contributed by atoms with van der Waals surface area (Å²) in [6.45, 7) is 5.16. The van der Waals surface area contributed by atoms with E-state index in [1.807, 2.05) is 91.9 Å². The van der Waals surface area contributed by atoms with Crippen molar-refractivity contribution in [3.8, 4) is 16.9 Å². The van der Waals surface area contributed by atoms with Gasteiger partial charge < -0.3 is 41.2 Å². The normalized spacial score (nSPS) is 14.2. The van der Waals surface area contributed by atoms with E-state index in [0.717, 1.165) is 59.3 Å². The van der Waals surface area contributed by atoms with E-state index >= 15 is 0 Å². The van der Waals surface area contributed by atoms with Crippen LogP contribution in [0, 0.1) is 0 Å². The van der Waals surface area contributed by atoms with Crippen molar-refractivity contribution >= 4 is 34.5 Å². The molecule has 1 unspecified atom stereocenters. The Morgan fingerprint density at radius 2 is 1.52 bits per heavy atom. The van der Waals surface area contributed by atoms with Crippen LogP contribution in [0.25, 0.3) is 22.0 Å². The van der Waals surface area contributed by atoms with Crippen LogP contribution in [0.4, 0.5) is 10.5 Å². The van der Waals surface area contributed by atoms with E-state index in [1.165, 1.54) is 12.1 Å². The molecule has 0 bridgehead atoms. The fraction of sp³-hybridized carbons (Fsp3) is 0.280. The summed E-state index contributed by atoms with van der Waals surface area (Å²) >= 11 is 0. The second kappa shape index (κ2) is 20.8. The number of rotatable bonds is 17. The number of phenols is 1. The lowest BCUT2D eigenvalue weighted by Gasteiger charge is -2.33. The predicted molar refractivity (Wildman–Crippen MR) is 245 cm³/mol. The van der Waals surface area contributed by atoms with Crippen molar-refractivity contribution in [1.82, 2.24) is 25.8 Å². The molecule has 13 nitrogen and oxygen atoms in total. The number of nitrogens with zero attached hydrogens (tertiary/aromatic N) is 1. The highest BCUT2D eigenvalue weighted by Crippen LogP contribution is 2.39. The molecular formula is C50H54N6O7. The van der Waals surface area contributed by atoms with Gasteiger partial charge in [0, 0.05) is 61.2 Å². The van der Waals surface area contributed by atoms with Gasteiger partial charge in [-0.05, 0) is 103 Å². The van der Waals surface area contributed by atoms with Crippen LogP contribution >= 0.6 is 0 Å². The standard InChI is InChI=1S/C50H54N6O7/c1-32(51-31-44(58)41-16-18-43(57)48-42(41)17-19-46(60)54-48)26-33-8-5-9-34(27-33)30-53-49(61)38-13-6-10-35(28-38)29-52-45(59)22-25-56-23-20-37(21-24-56)40-15-7-14-39(47(40)55-50(62)63)36-11-3-2-4-12-36/h2-19,27-28,32,37,44,51,55,57-58H,20-26,29-31H2,1H3,(H,52,59)(H,53,61)(H,54,60)(H,62,63)/t32?,44-/m0/s1. The summed E-state index contributed by atoms with van der Waals surface area (Å²) in [6.07, 6.45) is 0.780. The van der Waals surface area contributed by atoms with Crippen LogP contribution in [0.3, 0.4) is 0 Å². The maximum atomic E-state index is 13.2. The third-order valence-electron chi connectivity index (χ3n) is 11.7. The van der Waals surface area contributed by atoms with Gasteiger partial charge >= 0.3 is 6.09 Å². The first-order valence-electron chi connectivity index (χ1n) is 21.4. The fourth-order valence-electron chi connectivity index (χ4n) is 8.40. The summed E-state index contributed by atoms with van der Waals surface area (Å²) in [6, 6.07) is 37.0. The Kier molecular flexibility index (Phi) is 14.6. The van der Waals surface area contributed by atoms with Crippen molar-refractivity contribution in [2.75, 3.05) is 31.5 Å². The number of anilines is 1. The van der Waals surface area contributed by atoms with Crippen molar-refractivity contribution in [3.63, 3.8) is 0 Å².